The van der Waals surface area contributed by atoms with E-state index in [9.17, 15) is 4.79 Å². The lowest BCUT2D eigenvalue weighted by atomic mass is 10.1. The van der Waals surface area contributed by atoms with E-state index >= 15 is 0 Å². The smallest absolute Gasteiger partial charge is 0.243 e. The summed E-state index contributed by atoms with van der Waals surface area (Å²) in [7, 11) is 3.15. The van der Waals surface area contributed by atoms with Gasteiger partial charge in [-0.25, -0.2) is 0 Å². The number of nitrogens with zero attached hydrogens (tertiary/aromatic N) is 2. The number of hydrazone groups is 1. The number of rotatable bonds is 4. The van der Waals surface area contributed by atoms with E-state index in [2.05, 4.69) is 5.10 Å². The molecule has 1 atom stereocenters. The second-order valence-electron chi connectivity index (χ2n) is 5.71. The first-order valence-electron chi connectivity index (χ1n) is 7.87. The zero-order valence-electron chi connectivity index (χ0n) is 14.6. The van der Waals surface area contributed by atoms with E-state index in [1.807, 2.05) is 31.2 Å². The molecule has 0 saturated carbocycles. The second kappa shape index (κ2) is 6.84. The topological polar surface area (TPSA) is 60.4 Å². The van der Waals surface area contributed by atoms with Crippen LogP contribution >= 0.6 is 0 Å². The number of benzene rings is 2. The van der Waals surface area contributed by atoms with Crippen LogP contribution in [0, 0.1) is 6.92 Å². The molecule has 0 saturated heterocycles. The van der Waals surface area contributed by atoms with Crippen LogP contribution in [0.15, 0.2) is 47.6 Å². The summed E-state index contributed by atoms with van der Waals surface area (Å²) in [6.45, 7) is 3.46. The summed E-state index contributed by atoms with van der Waals surface area (Å²) in [5, 5.41) is 5.67. The molecule has 0 spiro atoms. The summed E-state index contributed by atoms with van der Waals surface area (Å²) in [5.74, 6) is 1.41. The Kier molecular flexibility index (Phi) is 4.61. The number of methoxy groups -OCH3 is 2. The predicted molar refractivity (Wildman–Crippen MR) is 93.6 cm³/mol. The van der Waals surface area contributed by atoms with Crippen molar-refractivity contribution in [3.63, 3.8) is 0 Å². The van der Waals surface area contributed by atoms with Crippen molar-refractivity contribution in [2.45, 2.75) is 20.1 Å². The SMILES string of the molecule is COc1ccc(OC)c([C@H]2OC(c3ccc(C)cc3)=NN2C(C)=O)c1. The summed E-state index contributed by atoms with van der Waals surface area (Å²) in [5.41, 5.74) is 2.61. The summed E-state index contributed by atoms with van der Waals surface area (Å²) in [6, 6.07) is 13.1. The minimum absolute atomic E-state index is 0.225. The monoisotopic (exact) mass is 340 g/mol. The standard InChI is InChI=1S/C19H20N2O4/c1-12-5-7-14(8-6-12)18-20-21(13(2)22)19(25-18)16-11-15(23-3)9-10-17(16)24-4/h5-11,19H,1-4H3/t19-/m1/s1. The Hall–Kier alpha value is -3.02. The molecule has 1 amide bonds. The molecule has 25 heavy (non-hydrogen) atoms. The number of amides is 1. The van der Waals surface area contributed by atoms with Gasteiger partial charge in [-0.2, -0.15) is 5.01 Å². The molecule has 0 N–H and O–H groups in total. The van der Waals surface area contributed by atoms with Crippen LogP contribution in [0.5, 0.6) is 11.5 Å². The minimum Gasteiger partial charge on any atom is -0.497 e. The zero-order chi connectivity index (χ0) is 18.0. The summed E-state index contributed by atoms with van der Waals surface area (Å²) in [4.78, 5) is 12.1. The Bertz CT molecular complexity index is 815. The van der Waals surface area contributed by atoms with E-state index in [-0.39, 0.29) is 5.91 Å². The molecular weight excluding hydrogens is 320 g/mol. The summed E-state index contributed by atoms with van der Waals surface area (Å²) >= 11 is 0. The molecule has 6 heteroatoms. The Morgan fingerprint density at radius 2 is 1.84 bits per heavy atom. The lowest BCUT2D eigenvalue weighted by Crippen LogP contribution is -2.25. The van der Waals surface area contributed by atoms with E-state index in [0.717, 1.165) is 11.1 Å². The first-order chi connectivity index (χ1) is 12.0. The molecule has 6 nitrogen and oxygen atoms in total. The third-order valence-corrected chi connectivity index (χ3v) is 3.97. The van der Waals surface area contributed by atoms with Gasteiger partial charge < -0.3 is 14.2 Å². The highest BCUT2D eigenvalue weighted by Crippen LogP contribution is 2.37. The van der Waals surface area contributed by atoms with Crippen LogP contribution in [-0.2, 0) is 9.53 Å². The van der Waals surface area contributed by atoms with Crippen LogP contribution in [0.2, 0.25) is 0 Å². The molecular formula is C19H20N2O4. The molecule has 0 fully saturated rings. The fraction of sp³-hybridized carbons (Fsp3) is 0.263. The van der Waals surface area contributed by atoms with Crippen LogP contribution in [0.25, 0.3) is 0 Å². The molecule has 1 heterocycles. The lowest BCUT2D eigenvalue weighted by Gasteiger charge is -2.21. The van der Waals surface area contributed by atoms with Crippen molar-refractivity contribution >= 4 is 11.8 Å². The average Bonchev–Trinajstić information content (AvgIpc) is 3.07. The van der Waals surface area contributed by atoms with Crippen LogP contribution in [0.4, 0.5) is 0 Å². The second-order valence-corrected chi connectivity index (χ2v) is 5.71. The molecule has 130 valence electrons. The van der Waals surface area contributed by atoms with Gasteiger partial charge in [0.1, 0.15) is 11.5 Å². The van der Waals surface area contributed by atoms with Crippen molar-refractivity contribution in [2.24, 2.45) is 5.10 Å². The van der Waals surface area contributed by atoms with Gasteiger partial charge in [0.2, 0.25) is 18.0 Å². The number of carbonyl (C=O) groups is 1. The van der Waals surface area contributed by atoms with E-state index in [4.69, 9.17) is 14.2 Å². The zero-order valence-corrected chi connectivity index (χ0v) is 14.6. The highest BCUT2D eigenvalue weighted by atomic mass is 16.5. The maximum atomic E-state index is 12.1. The first kappa shape index (κ1) is 16.8. The van der Waals surface area contributed by atoms with Gasteiger partial charge in [0.05, 0.1) is 19.8 Å². The Morgan fingerprint density at radius 3 is 2.44 bits per heavy atom. The fourth-order valence-electron chi connectivity index (χ4n) is 2.61. The average molecular weight is 340 g/mol. The van der Waals surface area contributed by atoms with Gasteiger partial charge in [0.25, 0.3) is 0 Å². The normalized spacial score (nSPS) is 16.2. The highest BCUT2D eigenvalue weighted by Gasteiger charge is 2.35. The number of carbonyl (C=O) groups excluding carboxylic acids is 1. The van der Waals surface area contributed by atoms with Gasteiger partial charge in [0, 0.05) is 12.5 Å². The van der Waals surface area contributed by atoms with Gasteiger partial charge in [-0.15, -0.1) is 5.10 Å². The first-order valence-corrected chi connectivity index (χ1v) is 7.87. The highest BCUT2D eigenvalue weighted by molar-refractivity contribution is 5.96. The van der Waals surface area contributed by atoms with Gasteiger partial charge in [-0.05, 0) is 37.3 Å². The molecule has 1 aliphatic rings. The number of ether oxygens (including phenoxy) is 3. The van der Waals surface area contributed by atoms with E-state index < -0.39 is 6.23 Å². The Balaban J connectivity index is 2.00. The van der Waals surface area contributed by atoms with Crippen molar-refractivity contribution < 1.29 is 19.0 Å². The molecule has 0 aliphatic carbocycles. The van der Waals surface area contributed by atoms with Gasteiger partial charge in [0.15, 0.2) is 0 Å². The van der Waals surface area contributed by atoms with Crippen LogP contribution in [0.1, 0.15) is 29.8 Å². The molecule has 2 aromatic carbocycles. The van der Waals surface area contributed by atoms with E-state index in [1.54, 1.807) is 32.4 Å². The number of hydrogen-bond acceptors (Lipinski definition) is 5. The van der Waals surface area contributed by atoms with Crippen molar-refractivity contribution in [1.29, 1.82) is 0 Å². The largest absolute Gasteiger partial charge is 0.497 e. The van der Waals surface area contributed by atoms with Crippen LogP contribution in [-0.4, -0.2) is 31.0 Å². The Morgan fingerprint density at radius 1 is 1.12 bits per heavy atom. The summed E-state index contributed by atoms with van der Waals surface area (Å²) < 4.78 is 16.7. The van der Waals surface area contributed by atoms with E-state index in [0.29, 0.717) is 23.0 Å². The third-order valence-electron chi connectivity index (χ3n) is 3.97. The van der Waals surface area contributed by atoms with Crippen molar-refractivity contribution in [2.75, 3.05) is 14.2 Å². The molecule has 0 bridgehead atoms. The van der Waals surface area contributed by atoms with Gasteiger partial charge >= 0.3 is 0 Å². The maximum Gasteiger partial charge on any atom is 0.243 e. The number of aryl methyl sites for hydroxylation is 1. The minimum atomic E-state index is -0.709. The third kappa shape index (κ3) is 3.28. The molecule has 1 aliphatic heterocycles. The van der Waals surface area contributed by atoms with Crippen molar-refractivity contribution in [3.8, 4) is 11.5 Å². The quantitative estimate of drug-likeness (QED) is 0.857. The number of hydrogen-bond donors (Lipinski definition) is 0. The summed E-state index contributed by atoms with van der Waals surface area (Å²) in [6.07, 6.45) is -0.709. The maximum absolute atomic E-state index is 12.1. The van der Waals surface area contributed by atoms with Crippen molar-refractivity contribution in [1.82, 2.24) is 5.01 Å². The molecule has 0 unspecified atom stereocenters. The van der Waals surface area contributed by atoms with Crippen LogP contribution < -0.4 is 9.47 Å². The molecule has 0 aromatic heterocycles. The van der Waals surface area contributed by atoms with Gasteiger partial charge in [-0.1, -0.05) is 17.7 Å². The molecule has 2 aromatic rings. The molecule has 0 radical (unpaired) electrons. The van der Waals surface area contributed by atoms with Crippen molar-refractivity contribution in [3.05, 3.63) is 59.2 Å². The predicted octanol–water partition coefficient (Wildman–Crippen LogP) is 3.25. The lowest BCUT2D eigenvalue weighted by molar-refractivity contribution is -0.135. The van der Waals surface area contributed by atoms with Gasteiger partial charge in [-0.3, -0.25) is 4.79 Å². The molecule has 3 rings (SSSR count). The Labute approximate surface area is 146 Å². The van der Waals surface area contributed by atoms with Crippen LogP contribution in [0.3, 0.4) is 0 Å². The fourth-order valence-corrected chi connectivity index (χ4v) is 2.61. The van der Waals surface area contributed by atoms with E-state index in [1.165, 1.54) is 11.9 Å².